The fourth-order valence-electron chi connectivity index (χ4n) is 1.69. The van der Waals surface area contributed by atoms with Gasteiger partial charge in [0.1, 0.15) is 0 Å². The molecular formula is C14H19NO2S. The molecule has 0 amide bonds. The van der Waals surface area contributed by atoms with Crippen LogP contribution in [-0.2, 0) is 9.84 Å². The minimum Gasteiger partial charge on any atom is -0.371 e. The number of benzene rings is 1. The summed E-state index contributed by atoms with van der Waals surface area (Å²) in [6.07, 6.45) is 6.74. The second-order valence-electron chi connectivity index (χ2n) is 4.09. The molecule has 1 N–H and O–H groups in total. The van der Waals surface area contributed by atoms with Crippen LogP contribution in [0.3, 0.4) is 0 Å². The van der Waals surface area contributed by atoms with E-state index < -0.39 is 9.84 Å². The maximum Gasteiger partial charge on any atom is 0.180 e. The van der Waals surface area contributed by atoms with E-state index in [4.69, 9.17) is 6.42 Å². The summed E-state index contributed by atoms with van der Waals surface area (Å²) >= 11 is 0. The number of hydrogen-bond donors (Lipinski definition) is 1. The van der Waals surface area contributed by atoms with Gasteiger partial charge in [-0.05, 0) is 25.0 Å². The van der Waals surface area contributed by atoms with Crippen LogP contribution in [0.5, 0.6) is 0 Å². The van der Waals surface area contributed by atoms with Crippen molar-refractivity contribution in [1.29, 1.82) is 0 Å². The highest BCUT2D eigenvalue weighted by molar-refractivity contribution is 7.91. The number of terminal acetylenes is 1. The van der Waals surface area contributed by atoms with Crippen LogP contribution in [0.2, 0.25) is 0 Å². The Kier molecular flexibility index (Phi) is 5.24. The Bertz CT molecular complexity index is 529. The van der Waals surface area contributed by atoms with E-state index >= 15 is 0 Å². The van der Waals surface area contributed by atoms with Gasteiger partial charge in [0.05, 0.1) is 22.4 Å². The number of hydrogen-bond acceptors (Lipinski definition) is 3. The Balaban J connectivity index is 3.12. The molecule has 0 aliphatic carbocycles. The van der Waals surface area contributed by atoms with E-state index in [-0.39, 0.29) is 11.8 Å². The third-order valence-corrected chi connectivity index (χ3v) is 4.61. The summed E-state index contributed by atoms with van der Waals surface area (Å²) in [5.41, 5.74) is 0.593. The lowest BCUT2D eigenvalue weighted by Gasteiger charge is -2.16. The number of rotatable bonds is 6. The third kappa shape index (κ3) is 3.51. The summed E-state index contributed by atoms with van der Waals surface area (Å²) in [6.45, 7) is 3.81. The zero-order valence-electron chi connectivity index (χ0n) is 10.8. The molecule has 98 valence electrons. The van der Waals surface area contributed by atoms with Crippen molar-refractivity contribution < 1.29 is 8.42 Å². The van der Waals surface area contributed by atoms with Crippen molar-refractivity contribution in [2.45, 2.75) is 37.6 Å². The molecule has 0 fully saturated rings. The molecule has 1 aromatic carbocycles. The van der Waals surface area contributed by atoms with Crippen LogP contribution >= 0.6 is 0 Å². The highest BCUT2D eigenvalue weighted by Gasteiger charge is 2.18. The van der Waals surface area contributed by atoms with Gasteiger partial charge >= 0.3 is 0 Å². The molecular weight excluding hydrogens is 246 g/mol. The SMILES string of the molecule is C#CC(CC)Nc1ccccc1S(=O)(=O)CCC. The minimum absolute atomic E-state index is 0.150. The van der Waals surface area contributed by atoms with Gasteiger partial charge < -0.3 is 5.32 Å². The molecule has 0 bridgehead atoms. The van der Waals surface area contributed by atoms with E-state index in [1.165, 1.54) is 0 Å². The number of nitrogens with one attached hydrogen (secondary N) is 1. The largest absolute Gasteiger partial charge is 0.371 e. The van der Waals surface area contributed by atoms with Gasteiger partial charge in [0.2, 0.25) is 0 Å². The Hall–Kier alpha value is -1.47. The number of sulfone groups is 1. The predicted octanol–water partition coefficient (Wildman–Crippen LogP) is 2.69. The fraction of sp³-hybridized carbons (Fsp3) is 0.429. The van der Waals surface area contributed by atoms with Crippen LogP contribution in [0, 0.1) is 12.3 Å². The van der Waals surface area contributed by atoms with Gasteiger partial charge in [0.25, 0.3) is 0 Å². The molecule has 0 heterocycles. The third-order valence-electron chi connectivity index (χ3n) is 2.63. The molecule has 0 aromatic heterocycles. The van der Waals surface area contributed by atoms with Crippen LogP contribution in [0.25, 0.3) is 0 Å². The van der Waals surface area contributed by atoms with Crippen molar-refractivity contribution in [2.75, 3.05) is 11.1 Å². The van der Waals surface area contributed by atoms with Crippen molar-refractivity contribution in [3.63, 3.8) is 0 Å². The summed E-state index contributed by atoms with van der Waals surface area (Å²) in [6, 6.07) is 6.75. The monoisotopic (exact) mass is 265 g/mol. The van der Waals surface area contributed by atoms with Gasteiger partial charge in [0.15, 0.2) is 9.84 Å². The lowest BCUT2D eigenvalue weighted by molar-refractivity contribution is 0.595. The molecule has 3 nitrogen and oxygen atoms in total. The Morgan fingerprint density at radius 1 is 1.33 bits per heavy atom. The summed E-state index contributed by atoms with van der Waals surface area (Å²) in [4.78, 5) is 0.334. The lowest BCUT2D eigenvalue weighted by Crippen LogP contribution is -2.18. The van der Waals surface area contributed by atoms with Crippen molar-refractivity contribution >= 4 is 15.5 Å². The molecule has 1 unspecified atom stereocenters. The van der Waals surface area contributed by atoms with E-state index in [1.807, 2.05) is 13.8 Å². The normalized spacial score (nSPS) is 12.7. The topological polar surface area (TPSA) is 46.2 Å². The first-order chi connectivity index (χ1) is 8.55. The zero-order valence-corrected chi connectivity index (χ0v) is 11.6. The Morgan fingerprint density at radius 3 is 2.56 bits per heavy atom. The van der Waals surface area contributed by atoms with Gasteiger partial charge in [-0.2, -0.15) is 0 Å². The quantitative estimate of drug-likeness (QED) is 0.804. The average molecular weight is 265 g/mol. The zero-order chi connectivity index (χ0) is 13.6. The van der Waals surface area contributed by atoms with E-state index in [0.717, 1.165) is 6.42 Å². The summed E-state index contributed by atoms with van der Waals surface area (Å²) < 4.78 is 24.2. The highest BCUT2D eigenvalue weighted by Crippen LogP contribution is 2.23. The van der Waals surface area contributed by atoms with Crippen molar-refractivity contribution in [2.24, 2.45) is 0 Å². The lowest BCUT2D eigenvalue weighted by atomic mass is 10.2. The molecule has 0 radical (unpaired) electrons. The Morgan fingerprint density at radius 2 is 2.00 bits per heavy atom. The van der Waals surface area contributed by atoms with Crippen LogP contribution in [0.15, 0.2) is 29.2 Å². The molecule has 4 heteroatoms. The van der Waals surface area contributed by atoms with E-state index in [2.05, 4.69) is 11.2 Å². The van der Waals surface area contributed by atoms with Gasteiger partial charge in [-0.25, -0.2) is 8.42 Å². The molecule has 0 aliphatic rings. The van der Waals surface area contributed by atoms with E-state index in [1.54, 1.807) is 24.3 Å². The van der Waals surface area contributed by atoms with E-state index in [9.17, 15) is 8.42 Å². The number of anilines is 1. The first kappa shape index (κ1) is 14.6. The number of para-hydroxylation sites is 1. The van der Waals surface area contributed by atoms with Crippen LogP contribution in [-0.4, -0.2) is 20.2 Å². The maximum atomic E-state index is 12.1. The van der Waals surface area contributed by atoms with Crippen molar-refractivity contribution in [3.8, 4) is 12.3 Å². The fourth-order valence-corrected chi connectivity index (χ4v) is 3.19. The van der Waals surface area contributed by atoms with Crippen molar-refractivity contribution in [1.82, 2.24) is 0 Å². The molecule has 1 aromatic rings. The second-order valence-corrected chi connectivity index (χ2v) is 6.16. The van der Waals surface area contributed by atoms with Gasteiger partial charge in [0, 0.05) is 0 Å². The van der Waals surface area contributed by atoms with Crippen LogP contribution < -0.4 is 5.32 Å². The van der Waals surface area contributed by atoms with Crippen LogP contribution in [0.1, 0.15) is 26.7 Å². The average Bonchev–Trinajstić information content (AvgIpc) is 2.36. The van der Waals surface area contributed by atoms with Gasteiger partial charge in [-0.15, -0.1) is 6.42 Å². The van der Waals surface area contributed by atoms with Gasteiger partial charge in [-0.3, -0.25) is 0 Å². The van der Waals surface area contributed by atoms with Crippen molar-refractivity contribution in [3.05, 3.63) is 24.3 Å². The summed E-state index contributed by atoms with van der Waals surface area (Å²) in [5, 5.41) is 3.10. The molecule has 1 rings (SSSR count). The van der Waals surface area contributed by atoms with Crippen LogP contribution in [0.4, 0.5) is 5.69 Å². The molecule has 0 saturated heterocycles. The first-order valence-corrected chi connectivity index (χ1v) is 7.74. The standard InChI is InChI=1S/C14H19NO2S/c1-4-11-18(16,17)14-10-8-7-9-13(14)15-12(5-2)6-3/h2,7-10,12,15H,4,6,11H2,1,3H3. The molecule has 0 aliphatic heterocycles. The smallest absolute Gasteiger partial charge is 0.180 e. The second kappa shape index (κ2) is 6.46. The maximum absolute atomic E-state index is 12.1. The molecule has 0 spiro atoms. The predicted molar refractivity (Wildman–Crippen MR) is 75.3 cm³/mol. The molecule has 1 atom stereocenters. The summed E-state index contributed by atoms with van der Waals surface area (Å²) in [7, 11) is -3.23. The highest BCUT2D eigenvalue weighted by atomic mass is 32.2. The Labute approximate surface area is 110 Å². The first-order valence-electron chi connectivity index (χ1n) is 6.09. The summed E-state index contributed by atoms with van der Waals surface area (Å²) in [5.74, 6) is 2.76. The van der Waals surface area contributed by atoms with E-state index in [0.29, 0.717) is 17.0 Å². The molecule has 18 heavy (non-hydrogen) atoms. The minimum atomic E-state index is -3.23. The van der Waals surface area contributed by atoms with Gasteiger partial charge in [-0.1, -0.05) is 31.9 Å². The molecule has 0 saturated carbocycles.